The van der Waals surface area contributed by atoms with E-state index in [9.17, 15) is 4.79 Å². The maximum Gasteiger partial charge on any atom is 0.168 e. The minimum Gasteiger partial charge on any atom is -0.497 e. The van der Waals surface area contributed by atoms with Gasteiger partial charge in [-0.25, -0.2) is 0 Å². The summed E-state index contributed by atoms with van der Waals surface area (Å²) in [5.74, 6) is 1.32. The first kappa shape index (κ1) is 13.5. The monoisotopic (exact) mass is 237 g/mol. The lowest BCUT2D eigenvalue weighted by atomic mass is 10.1. The zero-order chi connectivity index (χ0) is 12.8. The number of rotatable bonds is 6. The normalized spacial score (nSPS) is 10.4. The zero-order valence-corrected chi connectivity index (χ0v) is 10.8. The Hall–Kier alpha value is -1.55. The molecule has 0 unspecified atom stereocenters. The number of hydrogen-bond donors (Lipinski definition) is 0. The number of hydrogen-bond acceptors (Lipinski definition) is 4. The second kappa shape index (κ2) is 6.25. The summed E-state index contributed by atoms with van der Waals surface area (Å²) in [7, 11) is 7.02. The van der Waals surface area contributed by atoms with Crippen molar-refractivity contribution in [1.29, 1.82) is 0 Å². The Morgan fingerprint density at radius 1 is 1.24 bits per heavy atom. The number of methoxy groups -OCH3 is 2. The second-order valence-corrected chi connectivity index (χ2v) is 4.04. The van der Waals surface area contributed by atoms with Crippen molar-refractivity contribution in [2.45, 2.75) is 6.42 Å². The second-order valence-electron chi connectivity index (χ2n) is 4.04. The molecule has 0 heterocycles. The van der Waals surface area contributed by atoms with Gasteiger partial charge in [0.15, 0.2) is 5.78 Å². The van der Waals surface area contributed by atoms with Gasteiger partial charge >= 0.3 is 0 Å². The fourth-order valence-electron chi connectivity index (χ4n) is 1.49. The topological polar surface area (TPSA) is 38.8 Å². The molecule has 0 saturated heterocycles. The number of carbonyl (C=O) groups excluding carboxylic acids is 1. The molecule has 0 amide bonds. The smallest absolute Gasteiger partial charge is 0.168 e. The Labute approximate surface area is 102 Å². The lowest BCUT2D eigenvalue weighted by molar-refractivity contribution is 0.0969. The van der Waals surface area contributed by atoms with E-state index >= 15 is 0 Å². The lowest BCUT2D eigenvalue weighted by Crippen LogP contribution is -2.17. The van der Waals surface area contributed by atoms with Crippen LogP contribution in [0.1, 0.15) is 16.8 Å². The van der Waals surface area contributed by atoms with Crippen molar-refractivity contribution in [3.05, 3.63) is 23.8 Å². The van der Waals surface area contributed by atoms with E-state index in [1.54, 1.807) is 32.4 Å². The van der Waals surface area contributed by atoms with Gasteiger partial charge < -0.3 is 14.4 Å². The van der Waals surface area contributed by atoms with Crippen LogP contribution in [0.25, 0.3) is 0 Å². The first-order valence-corrected chi connectivity index (χ1v) is 5.48. The molecular formula is C13H19NO3. The fraction of sp³-hybridized carbons (Fsp3) is 0.462. The van der Waals surface area contributed by atoms with E-state index in [1.165, 1.54) is 0 Å². The highest BCUT2D eigenvalue weighted by molar-refractivity contribution is 5.99. The van der Waals surface area contributed by atoms with Crippen LogP contribution in [-0.2, 0) is 0 Å². The van der Waals surface area contributed by atoms with Crippen LogP contribution in [0.3, 0.4) is 0 Å². The summed E-state index contributed by atoms with van der Waals surface area (Å²) in [6.45, 7) is 0.721. The Kier molecular flexibility index (Phi) is 4.97. The third-order valence-electron chi connectivity index (χ3n) is 2.49. The molecular weight excluding hydrogens is 218 g/mol. The molecule has 17 heavy (non-hydrogen) atoms. The van der Waals surface area contributed by atoms with E-state index in [4.69, 9.17) is 9.47 Å². The van der Waals surface area contributed by atoms with E-state index in [0.29, 0.717) is 23.5 Å². The molecule has 1 aromatic rings. The molecule has 0 aromatic heterocycles. The number of Topliss-reactive ketones (excluding diaryl/α,β-unsaturated/α-hetero) is 1. The molecule has 0 N–H and O–H groups in total. The predicted octanol–water partition coefficient (Wildman–Crippen LogP) is 1.84. The maximum absolute atomic E-state index is 12.0. The van der Waals surface area contributed by atoms with Gasteiger partial charge in [-0.3, -0.25) is 4.79 Å². The van der Waals surface area contributed by atoms with Crippen molar-refractivity contribution in [2.75, 3.05) is 34.9 Å². The van der Waals surface area contributed by atoms with Gasteiger partial charge in [0, 0.05) is 13.0 Å². The molecule has 0 aliphatic heterocycles. The van der Waals surface area contributed by atoms with Gasteiger partial charge in [-0.05, 0) is 32.3 Å². The fourth-order valence-corrected chi connectivity index (χ4v) is 1.49. The van der Waals surface area contributed by atoms with E-state index in [-0.39, 0.29) is 5.78 Å². The number of carbonyl (C=O) groups is 1. The summed E-state index contributed by atoms with van der Waals surface area (Å²) in [4.78, 5) is 14.0. The molecule has 0 saturated carbocycles. The van der Waals surface area contributed by atoms with E-state index < -0.39 is 0 Å². The van der Waals surface area contributed by atoms with Crippen LogP contribution in [0.4, 0.5) is 0 Å². The summed E-state index contributed by atoms with van der Waals surface area (Å²) in [6.07, 6.45) is 0.469. The van der Waals surface area contributed by atoms with Crippen LogP contribution < -0.4 is 9.47 Å². The average molecular weight is 237 g/mol. The van der Waals surface area contributed by atoms with Crippen molar-refractivity contribution in [2.24, 2.45) is 0 Å². The molecule has 1 rings (SSSR count). The summed E-state index contributed by atoms with van der Waals surface area (Å²) >= 11 is 0. The minimum absolute atomic E-state index is 0.0643. The van der Waals surface area contributed by atoms with Gasteiger partial charge in [0.05, 0.1) is 19.8 Å². The highest BCUT2D eigenvalue weighted by Crippen LogP contribution is 2.25. The van der Waals surface area contributed by atoms with Gasteiger partial charge in [0.2, 0.25) is 0 Å². The number of ketones is 1. The van der Waals surface area contributed by atoms with Crippen molar-refractivity contribution < 1.29 is 14.3 Å². The van der Waals surface area contributed by atoms with Gasteiger partial charge in [-0.1, -0.05) is 0 Å². The van der Waals surface area contributed by atoms with Crippen molar-refractivity contribution in [1.82, 2.24) is 4.90 Å². The van der Waals surface area contributed by atoms with Gasteiger partial charge in [-0.2, -0.15) is 0 Å². The third-order valence-corrected chi connectivity index (χ3v) is 2.49. The summed E-state index contributed by atoms with van der Waals surface area (Å²) < 4.78 is 10.3. The number of nitrogens with zero attached hydrogens (tertiary/aromatic N) is 1. The van der Waals surface area contributed by atoms with Crippen LogP contribution >= 0.6 is 0 Å². The summed E-state index contributed by atoms with van der Waals surface area (Å²) in [5.41, 5.74) is 0.578. The van der Waals surface area contributed by atoms with Gasteiger partial charge in [0.25, 0.3) is 0 Å². The van der Waals surface area contributed by atoms with Gasteiger partial charge in [-0.15, -0.1) is 0 Å². The van der Waals surface area contributed by atoms with E-state index in [1.807, 2.05) is 19.0 Å². The summed E-state index contributed by atoms with van der Waals surface area (Å²) in [5, 5.41) is 0. The SMILES string of the molecule is COc1ccc(OC)c(C(=O)CCN(C)C)c1. The quantitative estimate of drug-likeness (QED) is 0.708. The third kappa shape index (κ3) is 3.75. The lowest BCUT2D eigenvalue weighted by Gasteiger charge is -2.11. The van der Waals surface area contributed by atoms with Crippen molar-refractivity contribution >= 4 is 5.78 Å². The number of ether oxygens (including phenoxy) is 2. The van der Waals surface area contributed by atoms with E-state index in [2.05, 4.69) is 0 Å². The Morgan fingerprint density at radius 3 is 2.47 bits per heavy atom. The van der Waals surface area contributed by atoms with Crippen LogP contribution in [0.15, 0.2) is 18.2 Å². The van der Waals surface area contributed by atoms with Crippen molar-refractivity contribution in [3.63, 3.8) is 0 Å². The Balaban J connectivity index is 2.89. The zero-order valence-electron chi connectivity index (χ0n) is 10.8. The van der Waals surface area contributed by atoms with E-state index in [0.717, 1.165) is 6.54 Å². The Morgan fingerprint density at radius 2 is 1.94 bits per heavy atom. The first-order valence-electron chi connectivity index (χ1n) is 5.48. The molecule has 1 aromatic carbocycles. The van der Waals surface area contributed by atoms with Crippen LogP contribution in [-0.4, -0.2) is 45.5 Å². The highest BCUT2D eigenvalue weighted by atomic mass is 16.5. The van der Waals surface area contributed by atoms with Crippen LogP contribution in [0.5, 0.6) is 11.5 Å². The molecule has 4 nitrogen and oxygen atoms in total. The molecule has 0 bridgehead atoms. The average Bonchev–Trinajstić information content (AvgIpc) is 2.34. The first-order chi connectivity index (χ1) is 8.08. The summed E-state index contributed by atoms with van der Waals surface area (Å²) in [6, 6.07) is 5.25. The molecule has 0 spiro atoms. The Bertz CT molecular complexity index is 388. The van der Waals surface area contributed by atoms with Crippen LogP contribution in [0, 0.1) is 0 Å². The standard InChI is InChI=1S/C13H19NO3/c1-14(2)8-7-12(15)11-9-10(16-3)5-6-13(11)17-4/h5-6,9H,7-8H2,1-4H3. The number of benzene rings is 1. The van der Waals surface area contributed by atoms with Gasteiger partial charge in [0.1, 0.15) is 11.5 Å². The van der Waals surface area contributed by atoms with Crippen LogP contribution in [0.2, 0.25) is 0 Å². The molecule has 4 heteroatoms. The highest BCUT2D eigenvalue weighted by Gasteiger charge is 2.13. The molecule has 0 aliphatic carbocycles. The molecule has 0 atom stereocenters. The molecule has 0 aliphatic rings. The largest absolute Gasteiger partial charge is 0.497 e. The molecule has 0 fully saturated rings. The molecule has 0 radical (unpaired) electrons. The van der Waals surface area contributed by atoms with Crippen molar-refractivity contribution in [3.8, 4) is 11.5 Å². The minimum atomic E-state index is 0.0643. The maximum atomic E-state index is 12.0. The predicted molar refractivity (Wildman–Crippen MR) is 67.0 cm³/mol. The molecule has 94 valence electrons.